The van der Waals surface area contributed by atoms with Crippen molar-refractivity contribution in [3.63, 3.8) is 0 Å². The molecule has 9 heteroatoms. The van der Waals surface area contributed by atoms with E-state index in [1.54, 1.807) is 4.68 Å². The number of aromatic nitrogens is 3. The van der Waals surface area contributed by atoms with Crippen molar-refractivity contribution >= 4 is 52.5 Å². The van der Waals surface area contributed by atoms with Crippen molar-refractivity contribution in [2.45, 2.75) is 37.7 Å². The first-order chi connectivity index (χ1) is 17.8. The Balaban J connectivity index is 1.49. The first-order valence-electron chi connectivity index (χ1n) is 11.7. The fourth-order valence-corrected chi connectivity index (χ4v) is 5.47. The van der Waals surface area contributed by atoms with Gasteiger partial charge in [0.1, 0.15) is 6.04 Å². The molecule has 0 spiro atoms. The molecule has 0 saturated heterocycles. The summed E-state index contributed by atoms with van der Waals surface area (Å²) in [5, 5.41) is 13.1. The van der Waals surface area contributed by atoms with Crippen LogP contribution in [0.5, 0.6) is 0 Å². The third-order valence-corrected chi connectivity index (χ3v) is 7.55. The number of halogens is 2. The van der Waals surface area contributed by atoms with Crippen LogP contribution in [0.3, 0.4) is 0 Å². The van der Waals surface area contributed by atoms with Gasteiger partial charge in [-0.1, -0.05) is 76.9 Å². The minimum absolute atomic E-state index is 0.203. The fraction of sp³-hybridized carbons (Fsp3) is 0.179. The Kier molecular flexibility index (Phi) is 7.29. The second kappa shape index (κ2) is 10.6. The third-order valence-electron chi connectivity index (χ3n) is 6.15. The third kappa shape index (κ3) is 5.54. The number of fused-ring (bicyclic) bond motifs is 1. The van der Waals surface area contributed by atoms with Gasteiger partial charge < -0.3 is 10.6 Å². The van der Waals surface area contributed by atoms with Crippen molar-refractivity contribution in [3.05, 3.63) is 110 Å². The van der Waals surface area contributed by atoms with Gasteiger partial charge in [0.25, 0.3) is 5.91 Å². The molecular weight excluding hydrogens is 525 g/mol. The number of nitrogens with zero attached hydrogens (tertiary/aromatic N) is 3. The lowest BCUT2D eigenvalue weighted by Gasteiger charge is -2.29. The minimum atomic E-state index is -0.479. The summed E-state index contributed by atoms with van der Waals surface area (Å²) in [7, 11) is 0. The maximum Gasteiger partial charge on any atom is 0.255 e. The maximum absolute atomic E-state index is 13.7. The van der Waals surface area contributed by atoms with Gasteiger partial charge in [-0.2, -0.15) is 4.98 Å². The van der Waals surface area contributed by atoms with E-state index in [2.05, 4.69) is 10.6 Å². The van der Waals surface area contributed by atoms with E-state index < -0.39 is 6.04 Å². The molecule has 3 aromatic carbocycles. The van der Waals surface area contributed by atoms with Gasteiger partial charge in [0.2, 0.25) is 11.1 Å². The summed E-state index contributed by atoms with van der Waals surface area (Å²) < 4.78 is 1.77. The summed E-state index contributed by atoms with van der Waals surface area (Å²) in [5.74, 6) is 1.04. The van der Waals surface area contributed by atoms with Crippen molar-refractivity contribution < 1.29 is 4.79 Å². The fourth-order valence-electron chi connectivity index (χ4n) is 4.36. The van der Waals surface area contributed by atoms with Crippen molar-refractivity contribution in [1.82, 2.24) is 14.8 Å². The Labute approximate surface area is 230 Å². The SMILES string of the molecule is CC1=C(C(=O)Nc2ccc(C)cc2C)[C@@H](c2ccc(Cl)cc2)n2nc(SCc3cccc(Cl)c3)nc2N1. The molecule has 188 valence electrons. The number of allylic oxidation sites excluding steroid dienone is 1. The zero-order valence-electron chi connectivity index (χ0n) is 20.5. The van der Waals surface area contributed by atoms with Crippen LogP contribution in [0.15, 0.2) is 83.2 Å². The Morgan fingerprint density at radius 2 is 1.81 bits per heavy atom. The first-order valence-corrected chi connectivity index (χ1v) is 13.5. The summed E-state index contributed by atoms with van der Waals surface area (Å²) in [4.78, 5) is 18.4. The molecule has 1 atom stereocenters. The molecular formula is C28H25Cl2N5OS. The highest BCUT2D eigenvalue weighted by molar-refractivity contribution is 7.98. The largest absolute Gasteiger partial charge is 0.328 e. The van der Waals surface area contributed by atoms with E-state index in [9.17, 15) is 4.79 Å². The Hall–Kier alpha value is -3.26. The lowest BCUT2D eigenvalue weighted by Crippen LogP contribution is -2.31. The molecule has 5 rings (SSSR count). The lowest BCUT2D eigenvalue weighted by molar-refractivity contribution is -0.113. The molecule has 1 aliphatic heterocycles. The molecule has 0 unspecified atom stereocenters. The first kappa shape index (κ1) is 25.4. The second-order valence-corrected chi connectivity index (χ2v) is 10.8. The number of carbonyl (C=O) groups excluding carboxylic acids is 1. The van der Waals surface area contributed by atoms with Crippen LogP contribution in [0.2, 0.25) is 10.0 Å². The standard InChI is InChI=1S/C28H25Cl2N5OS/c1-16-7-12-23(17(2)13-16)32-26(36)24-18(3)31-27-33-28(37-15-19-5-4-6-22(30)14-19)34-35(27)25(24)20-8-10-21(29)11-9-20/h4-14,25H,15H2,1-3H3,(H,32,36)(H,31,33,34)/t25-/m1/s1. The molecule has 0 radical (unpaired) electrons. The van der Waals surface area contributed by atoms with Crippen molar-refractivity contribution in [2.75, 3.05) is 10.6 Å². The normalized spacial score (nSPS) is 14.8. The van der Waals surface area contributed by atoms with E-state index in [4.69, 9.17) is 33.3 Å². The van der Waals surface area contributed by atoms with E-state index in [0.717, 1.165) is 27.9 Å². The molecule has 0 fully saturated rings. The number of hydrogen-bond acceptors (Lipinski definition) is 5. The zero-order valence-corrected chi connectivity index (χ0v) is 22.9. The van der Waals surface area contributed by atoms with Gasteiger partial charge in [-0.15, -0.1) is 5.10 Å². The predicted molar refractivity (Wildman–Crippen MR) is 151 cm³/mol. The highest BCUT2D eigenvalue weighted by Gasteiger charge is 2.34. The summed E-state index contributed by atoms with van der Waals surface area (Å²) >= 11 is 13.8. The highest BCUT2D eigenvalue weighted by atomic mass is 35.5. The topological polar surface area (TPSA) is 71.8 Å². The number of benzene rings is 3. The molecule has 1 aromatic heterocycles. The lowest BCUT2D eigenvalue weighted by atomic mass is 9.95. The molecule has 1 aliphatic rings. The van der Waals surface area contributed by atoms with Crippen LogP contribution in [-0.4, -0.2) is 20.7 Å². The molecule has 0 saturated carbocycles. The van der Waals surface area contributed by atoms with Gasteiger partial charge in [0.05, 0.1) is 5.57 Å². The summed E-state index contributed by atoms with van der Waals surface area (Å²) in [6.07, 6.45) is 0. The van der Waals surface area contributed by atoms with Crippen LogP contribution in [0.4, 0.5) is 11.6 Å². The number of nitrogens with one attached hydrogen (secondary N) is 2. The zero-order chi connectivity index (χ0) is 26.1. The van der Waals surface area contributed by atoms with Crippen molar-refractivity contribution in [1.29, 1.82) is 0 Å². The van der Waals surface area contributed by atoms with Gasteiger partial charge in [0, 0.05) is 27.2 Å². The summed E-state index contributed by atoms with van der Waals surface area (Å²) in [6, 6.07) is 20.7. The van der Waals surface area contributed by atoms with E-state index in [0.29, 0.717) is 38.2 Å². The highest BCUT2D eigenvalue weighted by Crippen LogP contribution is 2.37. The predicted octanol–water partition coefficient (Wildman–Crippen LogP) is 7.42. The minimum Gasteiger partial charge on any atom is -0.328 e. The maximum atomic E-state index is 13.7. The van der Waals surface area contributed by atoms with E-state index in [1.165, 1.54) is 11.8 Å². The molecule has 2 N–H and O–H groups in total. The Morgan fingerprint density at radius 3 is 2.54 bits per heavy atom. The Morgan fingerprint density at radius 1 is 1.03 bits per heavy atom. The smallest absolute Gasteiger partial charge is 0.255 e. The monoisotopic (exact) mass is 549 g/mol. The van der Waals surface area contributed by atoms with Crippen molar-refractivity contribution in [2.24, 2.45) is 0 Å². The number of aryl methyl sites for hydroxylation is 2. The number of amides is 1. The van der Waals surface area contributed by atoms with E-state index >= 15 is 0 Å². The molecule has 4 aromatic rings. The molecule has 0 bridgehead atoms. The number of anilines is 2. The van der Waals surface area contributed by atoms with Gasteiger partial charge >= 0.3 is 0 Å². The van der Waals surface area contributed by atoms with Crippen LogP contribution >= 0.6 is 35.0 Å². The van der Waals surface area contributed by atoms with Crippen LogP contribution in [0.25, 0.3) is 0 Å². The summed E-state index contributed by atoms with van der Waals surface area (Å²) in [6.45, 7) is 5.90. The van der Waals surface area contributed by atoms with Gasteiger partial charge in [0.15, 0.2) is 0 Å². The van der Waals surface area contributed by atoms with Crippen LogP contribution in [0, 0.1) is 13.8 Å². The number of hydrogen-bond donors (Lipinski definition) is 2. The van der Waals surface area contributed by atoms with E-state index in [1.807, 2.05) is 87.5 Å². The van der Waals surface area contributed by atoms with E-state index in [-0.39, 0.29) is 5.91 Å². The summed E-state index contributed by atoms with van der Waals surface area (Å²) in [5.41, 5.74) is 6.15. The molecule has 37 heavy (non-hydrogen) atoms. The molecule has 2 heterocycles. The Bertz CT molecular complexity index is 1510. The van der Waals surface area contributed by atoms with Crippen LogP contribution < -0.4 is 10.6 Å². The molecule has 6 nitrogen and oxygen atoms in total. The quantitative estimate of drug-likeness (QED) is 0.245. The second-order valence-electron chi connectivity index (χ2n) is 8.97. The average molecular weight is 551 g/mol. The van der Waals surface area contributed by atoms with Crippen LogP contribution in [0.1, 0.15) is 35.2 Å². The van der Waals surface area contributed by atoms with Gasteiger partial charge in [-0.3, -0.25) is 4.79 Å². The number of thioether (sulfide) groups is 1. The number of carbonyl (C=O) groups is 1. The average Bonchev–Trinajstić information content (AvgIpc) is 3.26. The van der Waals surface area contributed by atoms with Crippen molar-refractivity contribution in [3.8, 4) is 0 Å². The van der Waals surface area contributed by atoms with Gasteiger partial charge in [-0.05, 0) is 67.8 Å². The molecule has 0 aliphatic carbocycles. The van der Waals surface area contributed by atoms with Crippen LogP contribution in [-0.2, 0) is 10.5 Å². The molecule has 1 amide bonds. The number of rotatable bonds is 6. The van der Waals surface area contributed by atoms with Gasteiger partial charge in [-0.25, -0.2) is 4.68 Å².